The van der Waals surface area contributed by atoms with Crippen molar-refractivity contribution in [2.75, 3.05) is 13.6 Å². The van der Waals surface area contributed by atoms with Crippen LogP contribution in [0.15, 0.2) is 24.5 Å². The van der Waals surface area contributed by atoms with Crippen molar-refractivity contribution in [3.8, 4) is 0 Å². The summed E-state index contributed by atoms with van der Waals surface area (Å²) >= 11 is 0. The Morgan fingerprint density at radius 2 is 2.24 bits per heavy atom. The highest BCUT2D eigenvalue weighted by atomic mass is 15.2. The minimum Gasteiger partial charge on any atom is -0.302 e. The molecule has 1 aliphatic heterocycles. The van der Waals surface area contributed by atoms with Crippen LogP contribution in [0.1, 0.15) is 36.7 Å². The van der Waals surface area contributed by atoms with E-state index in [0.717, 1.165) is 0 Å². The Labute approximate surface area is 102 Å². The van der Waals surface area contributed by atoms with Crippen LogP contribution in [0, 0.1) is 6.92 Å². The van der Waals surface area contributed by atoms with Gasteiger partial charge in [-0.2, -0.15) is 0 Å². The lowest BCUT2D eigenvalue weighted by atomic mass is 10.0. The number of rotatable bonds is 1. The molecule has 0 radical (unpaired) electrons. The van der Waals surface area contributed by atoms with E-state index in [1.165, 1.54) is 42.7 Å². The van der Waals surface area contributed by atoms with Crippen LogP contribution < -0.4 is 0 Å². The highest BCUT2D eigenvalue weighted by molar-refractivity contribution is 5.53. The standard InChI is InChI=1S/C14H19N3/c1-11-6-5-9-17-13(11)10-15-14(17)12-7-3-4-8-16(12)2/h5-6,9-10,12H,3-4,7-8H2,1-2H3. The molecule has 3 heteroatoms. The Bertz CT molecular complexity index is 529. The molecular weight excluding hydrogens is 210 g/mol. The number of imidazole rings is 1. The Hall–Kier alpha value is -1.35. The van der Waals surface area contributed by atoms with Crippen molar-refractivity contribution in [3.63, 3.8) is 0 Å². The molecule has 0 bridgehead atoms. The molecule has 2 aromatic rings. The maximum absolute atomic E-state index is 4.65. The van der Waals surface area contributed by atoms with Crippen molar-refractivity contribution in [3.05, 3.63) is 35.9 Å². The predicted molar refractivity (Wildman–Crippen MR) is 69.2 cm³/mol. The quantitative estimate of drug-likeness (QED) is 0.749. The third kappa shape index (κ3) is 1.75. The molecule has 0 aromatic carbocycles. The number of hydrogen-bond acceptors (Lipinski definition) is 2. The summed E-state index contributed by atoms with van der Waals surface area (Å²) in [5.74, 6) is 1.20. The summed E-state index contributed by atoms with van der Waals surface area (Å²) < 4.78 is 2.25. The van der Waals surface area contributed by atoms with Crippen LogP contribution in [0.2, 0.25) is 0 Å². The summed E-state index contributed by atoms with van der Waals surface area (Å²) in [5, 5.41) is 0. The first-order valence-corrected chi connectivity index (χ1v) is 6.40. The molecular formula is C14H19N3. The predicted octanol–water partition coefficient (Wildman–Crippen LogP) is 2.80. The molecule has 0 saturated carbocycles. The van der Waals surface area contributed by atoms with Crippen molar-refractivity contribution >= 4 is 5.52 Å². The number of piperidine rings is 1. The molecule has 1 saturated heterocycles. The van der Waals surface area contributed by atoms with Crippen LogP contribution in [-0.2, 0) is 0 Å². The van der Waals surface area contributed by atoms with E-state index in [2.05, 4.69) is 46.6 Å². The third-order valence-corrected chi connectivity index (χ3v) is 3.88. The molecule has 90 valence electrons. The minimum atomic E-state index is 0.480. The molecule has 0 spiro atoms. The van der Waals surface area contributed by atoms with E-state index in [0.29, 0.717) is 6.04 Å². The van der Waals surface area contributed by atoms with Gasteiger partial charge >= 0.3 is 0 Å². The maximum Gasteiger partial charge on any atom is 0.130 e. The van der Waals surface area contributed by atoms with E-state index in [9.17, 15) is 0 Å². The highest BCUT2D eigenvalue weighted by Crippen LogP contribution is 2.29. The van der Waals surface area contributed by atoms with Crippen LogP contribution in [0.4, 0.5) is 0 Å². The number of likely N-dealkylation sites (tertiary alicyclic amines) is 1. The van der Waals surface area contributed by atoms with Gasteiger partial charge < -0.3 is 4.40 Å². The number of fused-ring (bicyclic) bond motifs is 1. The molecule has 1 unspecified atom stereocenters. The SMILES string of the molecule is Cc1cccn2c(C3CCCCN3C)ncc12. The fourth-order valence-corrected chi connectivity index (χ4v) is 2.83. The van der Waals surface area contributed by atoms with Gasteiger partial charge in [-0.1, -0.05) is 12.5 Å². The number of aryl methyl sites for hydroxylation is 1. The van der Waals surface area contributed by atoms with Crippen LogP contribution in [-0.4, -0.2) is 27.9 Å². The second-order valence-corrected chi connectivity index (χ2v) is 5.06. The van der Waals surface area contributed by atoms with E-state index in [4.69, 9.17) is 0 Å². The van der Waals surface area contributed by atoms with Gasteiger partial charge in [0.25, 0.3) is 0 Å². The first kappa shape index (κ1) is 10.8. The zero-order chi connectivity index (χ0) is 11.8. The molecule has 3 nitrogen and oxygen atoms in total. The fraction of sp³-hybridized carbons (Fsp3) is 0.500. The Morgan fingerprint density at radius 1 is 1.35 bits per heavy atom. The second kappa shape index (κ2) is 4.15. The largest absolute Gasteiger partial charge is 0.302 e. The van der Waals surface area contributed by atoms with Gasteiger partial charge in [0, 0.05) is 6.20 Å². The van der Waals surface area contributed by atoms with Gasteiger partial charge in [-0.05, 0) is 45.0 Å². The molecule has 3 heterocycles. The van der Waals surface area contributed by atoms with E-state index in [1.807, 2.05) is 6.20 Å². The summed E-state index contributed by atoms with van der Waals surface area (Å²) in [6.07, 6.45) is 7.99. The molecule has 1 atom stereocenters. The molecule has 0 amide bonds. The van der Waals surface area contributed by atoms with Crippen molar-refractivity contribution in [2.24, 2.45) is 0 Å². The van der Waals surface area contributed by atoms with Crippen molar-refractivity contribution < 1.29 is 0 Å². The summed E-state index contributed by atoms with van der Waals surface area (Å²) in [4.78, 5) is 7.08. The lowest BCUT2D eigenvalue weighted by Crippen LogP contribution is -2.30. The van der Waals surface area contributed by atoms with Gasteiger partial charge in [-0.15, -0.1) is 0 Å². The maximum atomic E-state index is 4.65. The molecule has 2 aromatic heterocycles. The molecule has 17 heavy (non-hydrogen) atoms. The van der Waals surface area contributed by atoms with Gasteiger partial charge in [0.1, 0.15) is 5.82 Å². The first-order chi connectivity index (χ1) is 8.27. The molecule has 1 aliphatic rings. The fourth-order valence-electron chi connectivity index (χ4n) is 2.83. The van der Waals surface area contributed by atoms with Gasteiger partial charge in [0.2, 0.25) is 0 Å². The van der Waals surface area contributed by atoms with Crippen molar-refractivity contribution in [1.82, 2.24) is 14.3 Å². The summed E-state index contributed by atoms with van der Waals surface area (Å²) in [5.41, 5.74) is 2.53. The third-order valence-electron chi connectivity index (χ3n) is 3.88. The van der Waals surface area contributed by atoms with E-state index in [-0.39, 0.29) is 0 Å². The smallest absolute Gasteiger partial charge is 0.130 e. The van der Waals surface area contributed by atoms with E-state index >= 15 is 0 Å². The summed E-state index contributed by atoms with van der Waals surface area (Å²) in [6.45, 7) is 3.33. The number of nitrogens with zero attached hydrogens (tertiary/aromatic N) is 3. The van der Waals surface area contributed by atoms with Crippen LogP contribution in [0.5, 0.6) is 0 Å². The highest BCUT2D eigenvalue weighted by Gasteiger charge is 2.24. The molecule has 1 fully saturated rings. The first-order valence-electron chi connectivity index (χ1n) is 6.40. The Morgan fingerprint density at radius 3 is 3.06 bits per heavy atom. The van der Waals surface area contributed by atoms with E-state index < -0.39 is 0 Å². The van der Waals surface area contributed by atoms with Gasteiger partial charge in [0.05, 0.1) is 17.8 Å². The number of hydrogen-bond donors (Lipinski definition) is 0. The molecule has 0 N–H and O–H groups in total. The Kier molecular flexibility index (Phi) is 2.63. The van der Waals surface area contributed by atoms with Crippen molar-refractivity contribution in [1.29, 1.82) is 0 Å². The number of aromatic nitrogens is 2. The monoisotopic (exact) mass is 229 g/mol. The lowest BCUT2D eigenvalue weighted by molar-refractivity contribution is 0.179. The van der Waals surface area contributed by atoms with Gasteiger partial charge in [0.15, 0.2) is 0 Å². The second-order valence-electron chi connectivity index (χ2n) is 5.06. The van der Waals surface area contributed by atoms with Gasteiger partial charge in [-0.3, -0.25) is 4.90 Å². The average Bonchev–Trinajstić information content (AvgIpc) is 2.75. The summed E-state index contributed by atoms with van der Waals surface area (Å²) in [6, 6.07) is 4.73. The van der Waals surface area contributed by atoms with Crippen LogP contribution >= 0.6 is 0 Å². The molecule has 0 aliphatic carbocycles. The van der Waals surface area contributed by atoms with Gasteiger partial charge in [-0.25, -0.2) is 4.98 Å². The number of pyridine rings is 1. The van der Waals surface area contributed by atoms with E-state index in [1.54, 1.807) is 0 Å². The lowest BCUT2D eigenvalue weighted by Gasteiger charge is -2.31. The molecule has 3 rings (SSSR count). The topological polar surface area (TPSA) is 20.5 Å². The normalized spacial score (nSPS) is 22.1. The summed E-state index contributed by atoms with van der Waals surface area (Å²) in [7, 11) is 2.21. The minimum absolute atomic E-state index is 0.480. The van der Waals surface area contributed by atoms with Crippen LogP contribution in [0.25, 0.3) is 5.52 Å². The zero-order valence-corrected chi connectivity index (χ0v) is 10.6. The Balaban J connectivity index is 2.08. The van der Waals surface area contributed by atoms with Crippen LogP contribution in [0.3, 0.4) is 0 Å². The zero-order valence-electron chi connectivity index (χ0n) is 10.6. The van der Waals surface area contributed by atoms with Crippen molar-refractivity contribution in [2.45, 2.75) is 32.2 Å². The average molecular weight is 229 g/mol.